The van der Waals surface area contributed by atoms with Crippen LogP contribution in [-0.4, -0.2) is 76.6 Å². The summed E-state index contributed by atoms with van der Waals surface area (Å²) >= 11 is 0. The Morgan fingerprint density at radius 3 is 2.53 bits per heavy atom. The van der Waals surface area contributed by atoms with Crippen molar-refractivity contribution >= 4 is 17.8 Å². The van der Waals surface area contributed by atoms with Crippen LogP contribution in [0.1, 0.15) is 45.6 Å². The van der Waals surface area contributed by atoms with Crippen LogP contribution in [0.15, 0.2) is 24.3 Å². The number of likely N-dealkylation sites (N-methyl/N-ethyl adjacent to an activating group) is 1. The van der Waals surface area contributed by atoms with E-state index in [1.807, 2.05) is 13.8 Å². The Labute approximate surface area is 189 Å². The number of halogens is 1. The molecular weight excluding hydrogens is 413 g/mol. The zero-order valence-corrected chi connectivity index (χ0v) is 19.4. The van der Waals surface area contributed by atoms with Gasteiger partial charge in [-0.05, 0) is 30.0 Å². The third-order valence-corrected chi connectivity index (χ3v) is 5.92. The molecule has 0 aliphatic carbocycles. The largest absolute Gasteiger partial charge is 0.337 e. The van der Waals surface area contributed by atoms with Gasteiger partial charge in [0.25, 0.3) is 0 Å². The molecule has 0 bridgehead atoms. The first-order valence-corrected chi connectivity index (χ1v) is 11.3. The number of carbonyl (C=O) groups is 3. The smallest absolute Gasteiger partial charge is 0.334 e. The number of unbranched alkanes of at least 4 members (excludes halogenated alkanes) is 1. The Morgan fingerprint density at radius 2 is 1.91 bits per heavy atom. The number of hydrogen-bond acceptors (Lipinski definition) is 4. The highest BCUT2D eigenvalue weighted by atomic mass is 19.1. The predicted molar refractivity (Wildman–Crippen MR) is 118 cm³/mol. The van der Waals surface area contributed by atoms with Gasteiger partial charge in [-0.1, -0.05) is 45.7 Å². The van der Waals surface area contributed by atoms with E-state index in [1.165, 1.54) is 12.1 Å². The SMILES string of the molecule is CCCC[C@H]1C(=O)N(CC(C)C)CC2N1C(=O)CN(C)N2C(=O)NCc1ccc(F)cc1. The maximum Gasteiger partial charge on any atom is 0.334 e. The van der Waals surface area contributed by atoms with Gasteiger partial charge in [-0.25, -0.2) is 19.2 Å². The van der Waals surface area contributed by atoms with Crippen LogP contribution >= 0.6 is 0 Å². The molecule has 9 heteroatoms. The maximum absolute atomic E-state index is 13.2. The molecule has 3 rings (SSSR count). The summed E-state index contributed by atoms with van der Waals surface area (Å²) in [5.41, 5.74) is 0.772. The van der Waals surface area contributed by atoms with E-state index in [4.69, 9.17) is 0 Å². The van der Waals surface area contributed by atoms with E-state index in [9.17, 15) is 18.8 Å². The summed E-state index contributed by atoms with van der Waals surface area (Å²) in [6.07, 6.45) is 1.77. The van der Waals surface area contributed by atoms with E-state index in [2.05, 4.69) is 12.2 Å². The average Bonchev–Trinajstić information content (AvgIpc) is 2.73. The van der Waals surface area contributed by atoms with Gasteiger partial charge in [0.15, 0.2) is 0 Å². The number of urea groups is 1. The van der Waals surface area contributed by atoms with Gasteiger partial charge in [0.2, 0.25) is 11.8 Å². The minimum absolute atomic E-state index is 0.0283. The normalized spacial score (nSPS) is 21.9. The molecule has 2 fully saturated rings. The molecule has 0 aromatic heterocycles. The monoisotopic (exact) mass is 447 g/mol. The molecule has 2 saturated heterocycles. The van der Waals surface area contributed by atoms with Crippen molar-refractivity contribution in [2.45, 2.75) is 58.8 Å². The zero-order chi connectivity index (χ0) is 23.4. The first-order chi connectivity index (χ1) is 15.2. The van der Waals surface area contributed by atoms with E-state index in [0.717, 1.165) is 18.4 Å². The van der Waals surface area contributed by atoms with Gasteiger partial charge in [-0.3, -0.25) is 9.59 Å². The van der Waals surface area contributed by atoms with Gasteiger partial charge < -0.3 is 15.1 Å². The highest BCUT2D eigenvalue weighted by molar-refractivity contribution is 5.91. The van der Waals surface area contributed by atoms with Gasteiger partial charge in [0, 0.05) is 20.1 Å². The number of nitrogens with zero attached hydrogens (tertiary/aromatic N) is 4. The van der Waals surface area contributed by atoms with Crippen molar-refractivity contribution in [1.29, 1.82) is 0 Å². The molecule has 1 unspecified atom stereocenters. The van der Waals surface area contributed by atoms with E-state index in [-0.39, 0.29) is 49.2 Å². The number of amides is 4. The summed E-state index contributed by atoms with van der Waals surface area (Å²) < 4.78 is 13.2. The lowest BCUT2D eigenvalue weighted by atomic mass is 10.00. The number of nitrogens with one attached hydrogen (secondary N) is 1. The van der Waals surface area contributed by atoms with Crippen molar-refractivity contribution in [2.24, 2.45) is 5.92 Å². The summed E-state index contributed by atoms with van der Waals surface area (Å²) in [5, 5.41) is 6.03. The minimum Gasteiger partial charge on any atom is -0.337 e. The molecule has 2 aliphatic heterocycles. The lowest BCUT2D eigenvalue weighted by Crippen LogP contribution is -2.76. The molecule has 176 valence electrons. The van der Waals surface area contributed by atoms with Gasteiger partial charge in [0.1, 0.15) is 18.0 Å². The standard InChI is InChI=1S/C23H34FN5O3/c1-5-6-7-19-22(31)27(13-16(2)3)14-20-28(19)21(30)15-26(4)29(20)23(32)25-12-17-8-10-18(24)11-9-17/h8-11,16,19-20H,5-7,12-15H2,1-4H3,(H,25,32)/t19-,20?/m0/s1. The van der Waals surface area contributed by atoms with Crippen LogP contribution in [0.3, 0.4) is 0 Å². The molecule has 0 radical (unpaired) electrons. The average molecular weight is 448 g/mol. The number of piperazine rings is 1. The number of hydrogen-bond donors (Lipinski definition) is 1. The predicted octanol–water partition coefficient (Wildman–Crippen LogP) is 2.41. The third-order valence-electron chi connectivity index (χ3n) is 5.92. The van der Waals surface area contributed by atoms with Crippen LogP contribution in [0.25, 0.3) is 0 Å². The summed E-state index contributed by atoms with van der Waals surface area (Å²) in [5.74, 6) is -0.234. The summed E-state index contributed by atoms with van der Waals surface area (Å²) in [7, 11) is 1.71. The fraction of sp³-hybridized carbons (Fsp3) is 0.609. The molecule has 1 N–H and O–H groups in total. The van der Waals surface area contributed by atoms with Crippen LogP contribution in [0.5, 0.6) is 0 Å². The van der Waals surface area contributed by atoms with Crippen molar-refractivity contribution in [2.75, 3.05) is 26.7 Å². The van der Waals surface area contributed by atoms with E-state index >= 15 is 0 Å². The molecule has 1 aromatic carbocycles. The zero-order valence-electron chi connectivity index (χ0n) is 19.4. The number of hydrazine groups is 1. The molecule has 0 saturated carbocycles. The molecular formula is C23H34FN5O3. The first kappa shape index (κ1) is 24.0. The Hall–Kier alpha value is -2.68. The molecule has 2 aliphatic rings. The van der Waals surface area contributed by atoms with E-state index in [1.54, 1.807) is 39.0 Å². The second kappa shape index (κ2) is 10.3. The number of carbonyl (C=O) groups excluding carboxylic acids is 3. The maximum atomic E-state index is 13.2. The van der Waals surface area contributed by atoms with Gasteiger partial charge in [-0.2, -0.15) is 0 Å². The summed E-state index contributed by atoms with van der Waals surface area (Å²) in [6.45, 7) is 7.27. The minimum atomic E-state index is -0.562. The number of benzene rings is 1. The van der Waals surface area contributed by atoms with E-state index < -0.39 is 12.2 Å². The fourth-order valence-corrected chi connectivity index (χ4v) is 4.45. The molecule has 32 heavy (non-hydrogen) atoms. The third kappa shape index (κ3) is 5.20. The van der Waals surface area contributed by atoms with Crippen molar-refractivity contribution in [3.63, 3.8) is 0 Å². The van der Waals surface area contributed by atoms with Crippen molar-refractivity contribution < 1.29 is 18.8 Å². The van der Waals surface area contributed by atoms with Crippen LogP contribution in [-0.2, 0) is 16.1 Å². The topological polar surface area (TPSA) is 76.2 Å². The quantitative estimate of drug-likeness (QED) is 0.697. The van der Waals surface area contributed by atoms with Crippen molar-refractivity contribution in [3.05, 3.63) is 35.6 Å². The van der Waals surface area contributed by atoms with Crippen molar-refractivity contribution in [3.8, 4) is 0 Å². The second-order valence-corrected chi connectivity index (χ2v) is 9.02. The van der Waals surface area contributed by atoms with Crippen molar-refractivity contribution in [1.82, 2.24) is 25.1 Å². The molecule has 4 amide bonds. The molecule has 0 spiro atoms. The Bertz CT molecular complexity index is 831. The number of rotatable bonds is 7. The van der Waals surface area contributed by atoms with Gasteiger partial charge in [-0.15, -0.1) is 0 Å². The number of fused-ring (bicyclic) bond motifs is 1. The van der Waals surface area contributed by atoms with Gasteiger partial charge in [0.05, 0.1) is 13.1 Å². The van der Waals surface area contributed by atoms with E-state index in [0.29, 0.717) is 13.0 Å². The molecule has 1 aromatic rings. The Balaban J connectivity index is 1.83. The molecule has 2 atom stereocenters. The Morgan fingerprint density at radius 1 is 1.22 bits per heavy atom. The van der Waals surface area contributed by atoms with Gasteiger partial charge >= 0.3 is 6.03 Å². The Kier molecular flexibility index (Phi) is 7.71. The summed E-state index contributed by atoms with van der Waals surface area (Å²) in [4.78, 5) is 42.8. The first-order valence-electron chi connectivity index (χ1n) is 11.3. The van der Waals surface area contributed by atoms with Crippen LogP contribution in [0.2, 0.25) is 0 Å². The molecule has 2 heterocycles. The van der Waals surface area contributed by atoms with Crippen LogP contribution < -0.4 is 5.32 Å². The highest BCUT2D eigenvalue weighted by Crippen LogP contribution is 2.28. The van der Waals surface area contributed by atoms with Crippen LogP contribution in [0, 0.1) is 11.7 Å². The second-order valence-electron chi connectivity index (χ2n) is 9.02. The fourth-order valence-electron chi connectivity index (χ4n) is 4.45. The summed E-state index contributed by atoms with van der Waals surface area (Å²) in [6, 6.07) is 5.03. The lowest BCUT2D eigenvalue weighted by Gasteiger charge is -2.54. The van der Waals surface area contributed by atoms with Crippen LogP contribution in [0.4, 0.5) is 9.18 Å². The lowest BCUT2D eigenvalue weighted by molar-refractivity contribution is -0.187. The highest BCUT2D eigenvalue weighted by Gasteiger charge is 2.50. The molecule has 8 nitrogen and oxygen atoms in total.